The van der Waals surface area contributed by atoms with Gasteiger partial charge in [-0.3, -0.25) is 4.68 Å². The summed E-state index contributed by atoms with van der Waals surface area (Å²) in [5.74, 6) is 1.61. The summed E-state index contributed by atoms with van der Waals surface area (Å²) in [7, 11) is 1.88. The van der Waals surface area contributed by atoms with E-state index in [1.54, 1.807) is 10.9 Å². The van der Waals surface area contributed by atoms with Crippen LogP contribution in [0.15, 0.2) is 36.7 Å². The Morgan fingerprint density at radius 2 is 1.86 bits per heavy atom. The molecule has 0 radical (unpaired) electrons. The number of benzene rings is 1. The molecule has 21 heavy (non-hydrogen) atoms. The highest BCUT2D eigenvalue weighted by Crippen LogP contribution is 2.26. The smallest absolute Gasteiger partial charge is 0.142 e. The van der Waals surface area contributed by atoms with Gasteiger partial charge in [-0.15, -0.1) is 0 Å². The molecule has 2 N–H and O–H groups in total. The van der Waals surface area contributed by atoms with Gasteiger partial charge < -0.3 is 15.2 Å². The molecule has 0 spiro atoms. The molecule has 0 aliphatic carbocycles. The second kappa shape index (κ2) is 7.13. The van der Waals surface area contributed by atoms with Gasteiger partial charge in [-0.1, -0.05) is 6.92 Å². The van der Waals surface area contributed by atoms with E-state index in [1.165, 1.54) is 0 Å². The van der Waals surface area contributed by atoms with E-state index in [0.717, 1.165) is 23.5 Å². The van der Waals surface area contributed by atoms with Crippen molar-refractivity contribution in [1.82, 2.24) is 9.78 Å². The third-order valence-corrected chi connectivity index (χ3v) is 3.31. The van der Waals surface area contributed by atoms with Gasteiger partial charge >= 0.3 is 0 Å². The number of aromatic nitrogens is 2. The van der Waals surface area contributed by atoms with E-state index >= 15 is 0 Å². The molecule has 0 bridgehead atoms. The van der Waals surface area contributed by atoms with Gasteiger partial charge in [-0.25, -0.2) is 0 Å². The third kappa shape index (κ3) is 3.98. The number of aryl methyl sites for hydroxylation is 1. The van der Waals surface area contributed by atoms with E-state index in [2.05, 4.69) is 12.0 Å². The molecule has 0 saturated carbocycles. The number of ether oxygens (including phenoxy) is 2. The fraction of sp³-hybridized carbons (Fsp3) is 0.438. The molecule has 1 aromatic carbocycles. The molecule has 5 heteroatoms. The first-order valence-corrected chi connectivity index (χ1v) is 7.27. The van der Waals surface area contributed by atoms with Crippen molar-refractivity contribution >= 4 is 0 Å². The molecular formula is C16H23N3O2. The van der Waals surface area contributed by atoms with Crippen LogP contribution in [-0.2, 0) is 7.05 Å². The highest BCUT2D eigenvalue weighted by Gasteiger charge is 2.22. The summed E-state index contributed by atoms with van der Waals surface area (Å²) in [6, 6.07) is 7.52. The van der Waals surface area contributed by atoms with Crippen LogP contribution in [0.1, 0.15) is 31.9 Å². The van der Waals surface area contributed by atoms with Gasteiger partial charge in [0.25, 0.3) is 0 Å². The fourth-order valence-electron chi connectivity index (χ4n) is 2.13. The lowest BCUT2D eigenvalue weighted by atomic mass is 10.0. The van der Waals surface area contributed by atoms with E-state index in [1.807, 2.05) is 44.4 Å². The van der Waals surface area contributed by atoms with E-state index in [0.29, 0.717) is 6.61 Å². The average molecular weight is 289 g/mol. The van der Waals surface area contributed by atoms with Gasteiger partial charge in [0.1, 0.15) is 17.6 Å². The first-order chi connectivity index (χ1) is 10.1. The molecule has 2 unspecified atom stereocenters. The number of nitrogens with zero attached hydrogens (tertiary/aromatic N) is 2. The standard InChI is InChI=1S/C16H23N3O2/c1-4-15(17)16(12-10-18-19(3)11-12)21-14-8-6-13(7-9-14)20-5-2/h6-11,15-16H,4-5,17H2,1-3H3. The number of hydrogen-bond acceptors (Lipinski definition) is 4. The van der Waals surface area contributed by atoms with Gasteiger partial charge in [0.05, 0.1) is 12.8 Å². The first-order valence-electron chi connectivity index (χ1n) is 7.27. The van der Waals surface area contributed by atoms with E-state index in [9.17, 15) is 0 Å². The monoisotopic (exact) mass is 289 g/mol. The number of hydrogen-bond donors (Lipinski definition) is 1. The summed E-state index contributed by atoms with van der Waals surface area (Å²) in [5, 5.41) is 4.20. The predicted octanol–water partition coefficient (Wildman–Crippen LogP) is 2.68. The molecular weight excluding hydrogens is 266 g/mol. The van der Waals surface area contributed by atoms with Crippen LogP contribution in [0.2, 0.25) is 0 Å². The zero-order chi connectivity index (χ0) is 15.2. The Bertz CT molecular complexity index is 551. The Labute approximate surface area is 125 Å². The minimum absolute atomic E-state index is 0.0826. The quantitative estimate of drug-likeness (QED) is 0.851. The topological polar surface area (TPSA) is 62.3 Å². The lowest BCUT2D eigenvalue weighted by Gasteiger charge is -2.23. The van der Waals surface area contributed by atoms with Gasteiger partial charge in [-0.05, 0) is 37.6 Å². The van der Waals surface area contributed by atoms with Crippen LogP contribution in [0, 0.1) is 0 Å². The van der Waals surface area contributed by atoms with Crippen molar-refractivity contribution in [1.29, 1.82) is 0 Å². The van der Waals surface area contributed by atoms with Crippen LogP contribution in [0.25, 0.3) is 0 Å². The van der Waals surface area contributed by atoms with Crippen molar-refractivity contribution in [3.05, 3.63) is 42.2 Å². The highest BCUT2D eigenvalue weighted by molar-refractivity contribution is 5.32. The van der Waals surface area contributed by atoms with Crippen molar-refractivity contribution in [2.75, 3.05) is 6.61 Å². The maximum atomic E-state index is 6.20. The zero-order valence-electron chi connectivity index (χ0n) is 12.8. The molecule has 114 valence electrons. The number of rotatable bonds is 7. The number of nitrogens with two attached hydrogens (primary N) is 1. The van der Waals surface area contributed by atoms with E-state index < -0.39 is 0 Å². The Morgan fingerprint density at radius 1 is 1.19 bits per heavy atom. The van der Waals surface area contributed by atoms with Crippen LogP contribution >= 0.6 is 0 Å². The Kier molecular flexibility index (Phi) is 5.22. The lowest BCUT2D eigenvalue weighted by molar-refractivity contribution is 0.171. The average Bonchev–Trinajstić information content (AvgIpc) is 2.92. The molecule has 1 aromatic heterocycles. The van der Waals surface area contributed by atoms with Crippen LogP contribution in [-0.4, -0.2) is 22.4 Å². The summed E-state index contributed by atoms with van der Waals surface area (Å²) in [4.78, 5) is 0. The van der Waals surface area contributed by atoms with Crippen molar-refractivity contribution in [3.63, 3.8) is 0 Å². The zero-order valence-corrected chi connectivity index (χ0v) is 12.8. The maximum Gasteiger partial charge on any atom is 0.142 e. The van der Waals surface area contributed by atoms with Crippen LogP contribution < -0.4 is 15.2 Å². The summed E-state index contributed by atoms with van der Waals surface area (Å²) in [6.45, 7) is 4.66. The minimum atomic E-state index is -0.207. The third-order valence-electron chi connectivity index (χ3n) is 3.31. The van der Waals surface area contributed by atoms with Crippen LogP contribution in [0.4, 0.5) is 0 Å². The van der Waals surface area contributed by atoms with Crippen LogP contribution in [0.5, 0.6) is 11.5 Å². The van der Waals surface area contributed by atoms with Gasteiger partial charge in [0.15, 0.2) is 0 Å². The fourth-order valence-corrected chi connectivity index (χ4v) is 2.13. The minimum Gasteiger partial charge on any atom is -0.494 e. The van der Waals surface area contributed by atoms with Gasteiger partial charge in [-0.2, -0.15) is 5.10 Å². The van der Waals surface area contributed by atoms with Crippen molar-refractivity contribution < 1.29 is 9.47 Å². The Balaban J connectivity index is 2.15. The molecule has 1 heterocycles. The lowest BCUT2D eigenvalue weighted by Crippen LogP contribution is -2.31. The molecule has 0 fully saturated rings. The summed E-state index contributed by atoms with van der Waals surface area (Å²) >= 11 is 0. The first kappa shape index (κ1) is 15.4. The van der Waals surface area contributed by atoms with Crippen LogP contribution in [0.3, 0.4) is 0 Å². The molecule has 0 aliphatic rings. The SMILES string of the molecule is CCOc1ccc(OC(c2cnn(C)c2)C(N)CC)cc1. The summed E-state index contributed by atoms with van der Waals surface area (Å²) < 4.78 is 13.3. The molecule has 2 aromatic rings. The Morgan fingerprint density at radius 3 is 2.38 bits per heavy atom. The second-order valence-electron chi connectivity index (χ2n) is 4.96. The Hall–Kier alpha value is -2.01. The summed E-state index contributed by atoms with van der Waals surface area (Å²) in [6.07, 6.45) is 4.36. The highest BCUT2D eigenvalue weighted by atomic mass is 16.5. The van der Waals surface area contributed by atoms with Crippen molar-refractivity contribution in [2.45, 2.75) is 32.4 Å². The molecule has 5 nitrogen and oxygen atoms in total. The molecule has 2 rings (SSSR count). The van der Waals surface area contributed by atoms with E-state index in [-0.39, 0.29) is 12.1 Å². The molecule has 2 atom stereocenters. The largest absolute Gasteiger partial charge is 0.494 e. The summed E-state index contributed by atoms with van der Waals surface area (Å²) in [5.41, 5.74) is 7.18. The van der Waals surface area contributed by atoms with Gasteiger partial charge in [0, 0.05) is 24.8 Å². The van der Waals surface area contributed by atoms with Crippen molar-refractivity contribution in [2.24, 2.45) is 12.8 Å². The van der Waals surface area contributed by atoms with E-state index in [4.69, 9.17) is 15.2 Å². The second-order valence-corrected chi connectivity index (χ2v) is 4.96. The molecule has 0 aliphatic heterocycles. The predicted molar refractivity (Wildman–Crippen MR) is 82.5 cm³/mol. The van der Waals surface area contributed by atoms with Gasteiger partial charge in [0.2, 0.25) is 0 Å². The normalized spacial score (nSPS) is 13.7. The maximum absolute atomic E-state index is 6.20. The van der Waals surface area contributed by atoms with Crippen molar-refractivity contribution in [3.8, 4) is 11.5 Å². The molecule has 0 saturated heterocycles. The molecule has 0 amide bonds.